The highest BCUT2D eigenvalue weighted by molar-refractivity contribution is 5.76. The first-order valence-electron chi connectivity index (χ1n) is 9.92. The number of rotatable bonds is 9. The maximum atomic E-state index is 12.0. The Morgan fingerprint density at radius 1 is 1.30 bits per heavy atom. The molecule has 1 aromatic carbocycles. The van der Waals surface area contributed by atoms with Gasteiger partial charge in [0.15, 0.2) is 0 Å². The molecule has 0 unspecified atom stereocenters. The Hall–Kier alpha value is -1.79. The van der Waals surface area contributed by atoms with Crippen LogP contribution in [0.15, 0.2) is 24.3 Å². The van der Waals surface area contributed by atoms with Crippen molar-refractivity contribution in [3.63, 3.8) is 0 Å². The van der Waals surface area contributed by atoms with Gasteiger partial charge in [0.05, 0.1) is 12.2 Å². The lowest BCUT2D eigenvalue weighted by Gasteiger charge is -2.43. The van der Waals surface area contributed by atoms with E-state index < -0.39 is 17.5 Å². The van der Waals surface area contributed by atoms with Gasteiger partial charge in [0.2, 0.25) is 0 Å². The van der Waals surface area contributed by atoms with E-state index in [4.69, 9.17) is 9.47 Å². The van der Waals surface area contributed by atoms with Crippen molar-refractivity contribution in [2.75, 3.05) is 26.2 Å². The predicted molar refractivity (Wildman–Crippen MR) is 102 cm³/mol. The van der Waals surface area contributed by atoms with Gasteiger partial charge in [0, 0.05) is 25.7 Å². The summed E-state index contributed by atoms with van der Waals surface area (Å²) in [5.41, 5.74) is -1.04. The van der Waals surface area contributed by atoms with Gasteiger partial charge in [-0.25, -0.2) is 0 Å². The molecule has 0 aromatic heterocycles. The predicted octanol–water partition coefficient (Wildman–Crippen LogP) is 2.79. The van der Waals surface area contributed by atoms with Crippen molar-refractivity contribution < 1.29 is 24.5 Å². The molecule has 1 saturated carbocycles. The first-order chi connectivity index (χ1) is 12.9. The van der Waals surface area contributed by atoms with Crippen LogP contribution in [0.4, 0.5) is 0 Å². The molecule has 0 spiro atoms. The molecule has 2 atom stereocenters. The van der Waals surface area contributed by atoms with E-state index >= 15 is 0 Å². The van der Waals surface area contributed by atoms with Crippen LogP contribution in [0.3, 0.4) is 0 Å². The van der Waals surface area contributed by atoms with Gasteiger partial charge in [-0.3, -0.25) is 9.69 Å². The molecule has 3 rings (SSSR count). The first-order valence-corrected chi connectivity index (χ1v) is 9.92. The Labute approximate surface area is 161 Å². The van der Waals surface area contributed by atoms with Crippen molar-refractivity contribution in [3.05, 3.63) is 24.3 Å². The molecule has 1 saturated heterocycles. The summed E-state index contributed by atoms with van der Waals surface area (Å²) in [5.74, 6) is 1.10. The highest BCUT2D eigenvalue weighted by Gasteiger charge is 2.51. The van der Waals surface area contributed by atoms with Crippen LogP contribution < -0.4 is 9.47 Å². The Morgan fingerprint density at radius 2 is 2.04 bits per heavy atom. The number of aliphatic carboxylic acids is 1. The van der Waals surface area contributed by atoms with Crippen molar-refractivity contribution >= 4 is 5.97 Å². The number of aliphatic hydroxyl groups is 1. The Bertz CT molecular complexity index is 645. The third kappa shape index (κ3) is 5.14. The lowest BCUT2D eigenvalue weighted by atomic mass is 9.73. The Morgan fingerprint density at radius 3 is 2.70 bits per heavy atom. The smallest absolute Gasteiger partial charge is 0.313 e. The average molecular weight is 377 g/mol. The molecule has 6 nitrogen and oxygen atoms in total. The zero-order valence-electron chi connectivity index (χ0n) is 16.3. The summed E-state index contributed by atoms with van der Waals surface area (Å²) < 4.78 is 11.5. The van der Waals surface area contributed by atoms with Gasteiger partial charge in [-0.05, 0) is 44.7 Å². The molecule has 1 heterocycles. The van der Waals surface area contributed by atoms with Gasteiger partial charge in [0.1, 0.15) is 23.5 Å². The minimum absolute atomic E-state index is 0.107. The van der Waals surface area contributed by atoms with Crippen LogP contribution >= 0.6 is 0 Å². The molecule has 2 fully saturated rings. The molecule has 1 aromatic rings. The fraction of sp³-hybridized carbons (Fsp3) is 0.667. The molecule has 2 aliphatic rings. The maximum Gasteiger partial charge on any atom is 0.313 e. The topological polar surface area (TPSA) is 79.2 Å². The summed E-state index contributed by atoms with van der Waals surface area (Å²) in [6.45, 7) is 6.16. The minimum Gasteiger partial charge on any atom is -0.492 e. The summed E-state index contributed by atoms with van der Waals surface area (Å²) in [6, 6.07) is 7.56. The van der Waals surface area contributed by atoms with Gasteiger partial charge in [-0.15, -0.1) is 0 Å². The maximum absolute atomic E-state index is 12.0. The minimum atomic E-state index is -1.04. The molecule has 0 bridgehead atoms. The van der Waals surface area contributed by atoms with Crippen LogP contribution in [-0.4, -0.2) is 59.5 Å². The summed E-state index contributed by atoms with van der Waals surface area (Å²) in [7, 11) is 0. The van der Waals surface area contributed by atoms with Crippen LogP contribution in [0.1, 0.15) is 39.5 Å². The van der Waals surface area contributed by atoms with Crippen molar-refractivity contribution in [3.8, 4) is 11.5 Å². The number of hydrogen-bond acceptors (Lipinski definition) is 5. The molecule has 1 aliphatic carbocycles. The molecule has 6 heteroatoms. The highest BCUT2D eigenvalue weighted by Crippen LogP contribution is 2.45. The third-order valence-electron chi connectivity index (χ3n) is 5.49. The first kappa shape index (κ1) is 20.0. The second-order valence-electron chi connectivity index (χ2n) is 8.18. The van der Waals surface area contributed by atoms with E-state index in [0.717, 1.165) is 24.3 Å². The fourth-order valence-electron chi connectivity index (χ4n) is 3.89. The normalized spacial score (nSPS) is 26.1. The summed E-state index contributed by atoms with van der Waals surface area (Å²) >= 11 is 0. The zero-order valence-corrected chi connectivity index (χ0v) is 16.3. The van der Waals surface area contributed by atoms with E-state index in [1.807, 2.05) is 38.1 Å². The van der Waals surface area contributed by atoms with Gasteiger partial charge < -0.3 is 19.7 Å². The Balaban J connectivity index is 1.54. The number of piperidine rings is 1. The lowest BCUT2D eigenvalue weighted by molar-refractivity contribution is -0.165. The van der Waals surface area contributed by atoms with Crippen molar-refractivity contribution in [2.24, 2.45) is 11.3 Å². The standard InChI is InChI=1S/C21H31NO5/c1-15(2)27-18-5-3-4-17(12-18)26-11-10-22-9-8-19(23)21(14-22,20(24)25)13-16-6-7-16/h3-5,12,15-16,19,23H,6-11,13-14H2,1-2H3,(H,24,25)/t19-,21-/m1/s1. The van der Waals surface area contributed by atoms with Crippen LogP contribution in [0, 0.1) is 11.3 Å². The average Bonchev–Trinajstić information content (AvgIpc) is 3.41. The molecule has 150 valence electrons. The van der Waals surface area contributed by atoms with Crippen molar-refractivity contribution in [1.29, 1.82) is 0 Å². The van der Waals surface area contributed by atoms with Gasteiger partial charge in [-0.1, -0.05) is 18.9 Å². The summed E-state index contributed by atoms with van der Waals surface area (Å²) in [5, 5.41) is 20.3. The van der Waals surface area contributed by atoms with E-state index in [1.165, 1.54) is 0 Å². The van der Waals surface area contributed by atoms with Crippen LogP contribution in [0.25, 0.3) is 0 Å². The van der Waals surface area contributed by atoms with E-state index in [2.05, 4.69) is 4.90 Å². The number of carbonyl (C=O) groups is 1. The largest absolute Gasteiger partial charge is 0.492 e. The molecule has 1 aliphatic heterocycles. The van der Waals surface area contributed by atoms with Crippen LogP contribution in [0.5, 0.6) is 11.5 Å². The molecule has 27 heavy (non-hydrogen) atoms. The van der Waals surface area contributed by atoms with E-state index in [1.54, 1.807) is 0 Å². The SMILES string of the molecule is CC(C)Oc1cccc(OCCN2CC[C@@H](O)[C@](CC3CC3)(C(=O)O)C2)c1. The summed E-state index contributed by atoms with van der Waals surface area (Å²) in [4.78, 5) is 14.1. The molecular formula is C21H31NO5. The van der Waals surface area contributed by atoms with Gasteiger partial charge in [-0.2, -0.15) is 0 Å². The molecular weight excluding hydrogens is 346 g/mol. The number of ether oxygens (including phenoxy) is 2. The zero-order chi connectivity index (χ0) is 19.4. The van der Waals surface area contributed by atoms with E-state index in [-0.39, 0.29) is 6.10 Å². The monoisotopic (exact) mass is 377 g/mol. The van der Waals surface area contributed by atoms with Crippen molar-refractivity contribution in [1.82, 2.24) is 4.90 Å². The van der Waals surface area contributed by atoms with Gasteiger partial charge in [0.25, 0.3) is 0 Å². The fourth-order valence-corrected chi connectivity index (χ4v) is 3.89. The number of benzene rings is 1. The lowest BCUT2D eigenvalue weighted by Crippen LogP contribution is -2.56. The second-order valence-corrected chi connectivity index (χ2v) is 8.18. The summed E-state index contributed by atoms with van der Waals surface area (Å²) in [6.07, 6.45) is 2.58. The van der Waals surface area contributed by atoms with E-state index in [9.17, 15) is 15.0 Å². The highest BCUT2D eigenvalue weighted by atomic mass is 16.5. The number of hydrogen-bond donors (Lipinski definition) is 2. The number of likely N-dealkylation sites (tertiary alicyclic amines) is 1. The van der Waals surface area contributed by atoms with Crippen LogP contribution in [0.2, 0.25) is 0 Å². The molecule has 0 amide bonds. The number of carboxylic acids is 1. The third-order valence-corrected chi connectivity index (χ3v) is 5.49. The molecule has 0 radical (unpaired) electrons. The quantitative estimate of drug-likeness (QED) is 0.689. The second kappa shape index (κ2) is 8.48. The van der Waals surface area contributed by atoms with Crippen LogP contribution in [-0.2, 0) is 4.79 Å². The number of aliphatic hydroxyl groups excluding tert-OH is 1. The number of carboxylic acid groups (broad SMARTS) is 1. The molecule has 2 N–H and O–H groups in total. The van der Waals surface area contributed by atoms with E-state index in [0.29, 0.717) is 45.0 Å². The Kier molecular flexibility index (Phi) is 6.27. The number of nitrogens with zero attached hydrogens (tertiary/aromatic N) is 1. The van der Waals surface area contributed by atoms with Crippen molar-refractivity contribution in [2.45, 2.75) is 51.7 Å². The van der Waals surface area contributed by atoms with Gasteiger partial charge >= 0.3 is 5.97 Å².